The van der Waals surface area contributed by atoms with Gasteiger partial charge in [0.15, 0.2) is 5.13 Å². The molecule has 2 aromatic rings. The lowest BCUT2D eigenvalue weighted by atomic mass is 9.49. The number of thiazole rings is 1. The highest BCUT2D eigenvalue weighted by Gasteiger charge is 2.54. The van der Waals surface area contributed by atoms with E-state index in [1.165, 1.54) is 30.6 Å². The molecule has 4 bridgehead atoms. The topological polar surface area (TPSA) is 71.1 Å². The third kappa shape index (κ3) is 2.54. The van der Waals surface area contributed by atoms with Crippen LogP contribution in [0.1, 0.15) is 48.9 Å². The number of nitrogens with zero attached hydrogens (tertiary/aromatic N) is 1. The van der Waals surface area contributed by atoms with Gasteiger partial charge in [0.1, 0.15) is 0 Å². The lowest BCUT2D eigenvalue weighted by molar-refractivity contribution is -0.140. The number of fused-ring (bicyclic) bond motifs is 1. The molecule has 6 heteroatoms. The van der Waals surface area contributed by atoms with Crippen molar-refractivity contribution < 1.29 is 9.59 Å². The Morgan fingerprint density at radius 2 is 1.77 bits per heavy atom. The number of rotatable bonds is 3. The van der Waals surface area contributed by atoms with Crippen LogP contribution in [0.25, 0.3) is 10.2 Å². The summed E-state index contributed by atoms with van der Waals surface area (Å²) < 4.78 is 0.923. The van der Waals surface area contributed by atoms with Gasteiger partial charge in [-0.3, -0.25) is 9.59 Å². The first-order chi connectivity index (χ1) is 12.5. The number of amides is 2. The van der Waals surface area contributed by atoms with E-state index in [-0.39, 0.29) is 17.2 Å². The second-order valence-corrected chi connectivity index (χ2v) is 9.46. The first kappa shape index (κ1) is 16.2. The predicted octanol–water partition coefficient (Wildman–Crippen LogP) is 3.81. The first-order valence-electron chi connectivity index (χ1n) is 9.49. The summed E-state index contributed by atoms with van der Waals surface area (Å²) in [6, 6.07) is 5.45. The molecule has 6 rings (SSSR count). The third-order valence-corrected chi connectivity index (χ3v) is 7.55. The Balaban J connectivity index is 1.39. The zero-order valence-electron chi connectivity index (χ0n) is 14.9. The Hall–Kier alpha value is -1.95. The highest BCUT2D eigenvalue weighted by atomic mass is 32.1. The van der Waals surface area contributed by atoms with Gasteiger partial charge in [0.05, 0.1) is 15.6 Å². The van der Waals surface area contributed by atoms with Crippen molar-refractivity contribution in [1.82, 2.24) is 10.3 Å². The Morgan fingerprint density at radius 1 is 1.12 bits per heavy atom. The molecule has 4 fully saturated rings. The fourth-order valence-corrected chi connectivity index (χ4v) is 6.78. The molecule has 0 atom stereocenters. The second-order valence-electron chi connectivity index (χ2n) is 8.43. The zero-order chi connectivity index (χ0) is 17.9. The molecule has 4 aliphatic rings. The van der Waals surface area contributed by atoms with Crippen molar-refractivity contribution in [2.24, 2.45) is 23.2 Å². The quantitative estimate of drug-likeness (QED) is 0.864. The monoisotopic (exact) mass is 369 g/mol. The van der Waals surface area contributed by atoms with Crippen LogP contribution >= 0.6 is 11.3 Å². The van der Waals surface area contributed by atoms with Gasteiger partial charge in [0.25, 0.3) is 5.91 Å². The Kier molecular flexibility index (Phi) is 3.61. The van der Waals surface area contributed by atoms with Crippen molar-refractivity contribution in [3.05, 3.63) is 23.8 Å². The first-order valence-corrected chi connectivity index (χ1v) is 10.3. The van der Waals surface area contributed by atoms with Crippen molar-refractivity contribution >= 4 is 38.5 Å². The van der Waals surface area contributed by atoms with E-state index in [4.69, 9.17) is 0 Å². The summed E-state index contributed by atoms with van der Waals surface area (Å²) >= 11 is 1.45. The van der Waals surface area contributed by atoms with Crippen LogP contribution in [0.2, 0.25) is 0 Å². The Bertz CT molecular complexity index is 868. The standard InChI is InChI=1S/C20H23N3O2S/c1-21-17(24)14-2-3-15-16(7-14)26-19(22-15)23-18(25)20-8-11-4-12(9-20)6-13(5-11)10-20/h2-3,7,11-13H,4-6,8-10H2,1H3,(H,21,24)(H,22,23,25). The molecule has 1 aromatic carbocycles. The molecule has 26 heavy (non-hydrogen) atoms. The summed E-state index contributed by atoms with van der Waals surface area (Å²) in [7, 11) is 1.62. The van der Waals surface area contributed by atoms with Crippen LogP contribution in [0.4, 0.5) is 5.13 Å². The van der Waals surface area contributed by atoms with E-state index in [1.807, 2.05) is 12.1 Å². The molecule has 0 saturated heterocycles. The smallest absolute Gasteiger partial charge is 0.251 e. The number of aromatic nitrogens is 1. The Morgan fingerprint density at radius 3 is 2.38 bits per heavy atom. The van der Waals surface area contributed by atoms with Gasteiger partial charge >= 0.3 is 0 Å². The molecular formula is C20H23N3O2S. The normalized spacial score (nSPS) is 32.0. The molecule has 4 saturated carbocycles. The van der Waals surface area contributed by atoms with Crippen LogP contribution in [0.3, 0.4) is 0 Å². The van der Waals surface area contributed by atoms with Gasteiger partial charge < -0.3 is 10.6 Å². The van der Waals surface area contributed by atoms with Crippen LogP contribution in [-0.2, 0) is 4.79 Å². The largest absolute Gasteiger partial charge is 0.355 e. The molecule has 136 valence electrons. The van der Waals surface area contributed by atoms with E-state index in [2.05, 4.69) is 15.6 Å². The number of anilines is 1. The van der Waals surface area contributed by atoms with Crippen molar-refractivity contribution in [2.75, 3.05) is 12.4 Å². The van der Waals surface area contributed by atoms with Crippen LogP contribution in [0.15, 0.2) is 18.2 Å². The van der Waals surface area contributed by atoms with Gasteiger partial charge in [0, 0.05) is 12.6 Å². The van der Waals surface area contributed by atoms with Crippen LogP contribution in [-0.4, -0.2) is 23.8 Å². The molecule has 0 aliphatic heterocycles. The van der Waals surface area contributed by atoms with Gasteiger partial charge in [-0.2, -0.15) is 0 Å². The van der Waals surface area contributed by atoms with Crippen molar-refractivity contribution in [1.29, 1.82) is 0 Å². The number of carbonyl (C=O) groups excluding carboxylic acids is 2. The molecular weight excluding hydrogens is 346 g/mol. The number of hydrogen-bond acceptors (Lipinski definition) is 4. The van der Waals surface area contributed by atoms with E-state index >= 15 is 0 Å². The SMILES string of the molecule is CNC(=O)c1ccc2nc(NC(=O)C34CC5CC(CC(C5)C3)C4)sc2c1. The number of carbonyl (C=O) groups is 2. The van der Waals surface area contributed by atoms with E-state index in [0.717, 1.165) is 47.2 Å². The molecule has 0 spiro atoms. The minimum absolute atomic E-state index is 0.112. The minimum atomic E-state index is -0.167. The summed E-state index contributed by atoms with van der Waals surface area (Å²) in [5.74, 6) is 2.30. The number of benzene rings is 1. The predicted molar refractivity (Wildman–Crippen MR) is 102 cm³/mol. The van der Waals surface area contributed by atoms with Gasteiger partial charge in [0.2, 0.25) is 5.91 Å². The summed E-state index contributed by atoms with van der Waals surface area (Å²) in [6.45, 7) is 0. The fraction of sp³-hybridized carbons (Fsp3) is 0.550. The molecule has 4 aliphatic carbocycles. The summed E-state index contributed by atoms with van der Waals surface area (Å²) in [5.41, 5.74) is 1.27. The summed E-state index contributed by atoms with van der Waals surface area (Å²) in [4.78, 5) is 29.5. The van der Waals surface area contributed by atoms with E-state index in [0.29, 0.717) is 10.7 Å². The van der Waals surface area contributed by atoms with Gasteiger partial charge in [-0.05, 0) is 74.5 Å². The van der Waals surface area contributed by atoms with Gasteiger partial charge in [-0.1, -0.05) is 11.3 Å². The highest BCUT2D eigenvalue weighted by Crippen LogP contribution is 2.60. The molecule has 2 amide bonds. The second kappa shape index (κ2) is 5.78. The van der Waals surface area contributed by atoms with E-state index in [9.17, 15) is 9.59 Å². The van der Waals surface area contributed by atoms with E-state index < -0.39 is 0 Å². The average Bonchev–Trinajstić information content (AvgIpc) is 3.01. The Labute approximate surface area is 156 Å². The molecule has 5 nitrogen and oxygen atoms in total. The van der Waals surface area contributed by atoms with Crippen molar-refractivity contribution in [3.63, 3.8) is 0 Å². The lowest BCUT2D eigenvalue weighted by Crippen LogP contribution is -2.51. The van der Waals surface area contributed by atoms with Crippen LogP contribution in [0, 0.1) is 23.2 Å². The lowest BCUT2D eigenvalue weighted by Gasteiger charge is -2.55. The van der Waals surface area contributed by atoms with Gasteiger partial charge in [-0.15, -0.1) is 0 Å². The third-order valence-electron chi connectivity index (χ3n) is 6.62. The molecule has 0 radical (unpaired) electrons. The minimum Gasteiger partial charge on any atom is -0.355 e. The maximum atomic E-state index is 13.2. The summed E-state index contributed by atoms with van der Waals surface area (Å²) in [5, 5.41) is 6.40. The van der Waals surface area contributed by atoms with E-state index in [1.54, 1.807) is 13.1 Å². The maximum absolute atomic E-state index is 13.2. The van der Waals surface area contributed by atoms with Crippen LogP contribution < -0.4 is 10.6 Å². The van der Waals surface area contributed by atoms with Gasteiger partial charge in [-0.25, -0.2) is 4.98 Å². The maximum Gasteiger partial charge on any atom is 0.251 e. The molecule has 1 aromatic heterocycles. The fourth-order valence-electron chi connectivity index (χ4n) is 5.88. The average molecular weight is 369 g/mol. The highest BCUT2D eigenvalue weighted by molar-refractivity contribution is 7.22. The number of hydrogen-bond donors (Lipinski definition) is 2. The summed E-state index contributed by atoms with van der Waals surface area (Å²) in [6.07, 6.45) is 7.14. The van der Waals surface area contributed by atoms with Crippen molar-refractivity contribution in [2.45, 2.75) is 38.5 Å². The number of nitrogens with one attached hydrogen (secondary N) is 2. The molecule has 1 heterocycles. The molecule has 2 N–H and O–H groups in total. The van der Waals surface area contributed by atoms with Crippen LogP contribution in [0.5, 0.6) is 0 Å². The molecule has 0 unspecified atom stereocenters. The van der Waals surface area contributed by atoms with Crippen molar-refractivity contribution in [3.8, 4) is 0 Å². The zero-order valence-corrected chi connectivity index (χ0v) is 15.7.